The quantitative estimate of drug-likeness (QED) is 0.468. The lowest BCUT2D eigenvalue weighted by molar-refractivity contribution is 0.547. The molecule has 0 bridgehead atoms. The molecule has 23 heavy (non-hydrogen) atoms. The van der Waals surface area contributed by atoms with Crippen LogP contribution in [0.25, 0.3) is 21.7 Å². The molecule has 0 aliphatic carbocycles. The van der Waals surface area contributed by atoms with Gasteiger partial charge in [0.05, 0.1) is 10.2 Å². The maximum absolute atomic E-state index is 5.61. The van der Waals surface area contributed by atoms with Crippen molar-refractivity contribution in [2.45, 2.75) is 11.8 Å². The zero-order valence-electron chi connectivity index (χ0n) is 12.5. The van der Waals surface area contributed by atoms with Crippen molar-refractivity contribution in [3.8, 4) is 11.5 Å². The van der Waals surface area contributed by atoms with Gasteiger partial charge < -0.3 is 9.73 Å². The molecule has 0 saturated heterocycles. The molecule has 7 heteroatoms. The summed E-state index contributed by atoms with van der Waals surface area (Å²) >= 11 is 4.92. The predicted octanol–water partition coefficient (Wildman–Crippen LogP) is 5.79. The topological polar surface area (TPSA) is 51.0 Å². The average molecular weight is 360 g/mol. The monoisotopic (exact) mass is 359 g/mol. The van der Waals surface area contributed by atoms with Crippen molar-refractivity contribution in [1.82, 2.24) is 9.97 Å². The second-order valence-electron chi connectivity index (χ2n) is 4.93. The summed E-state index contributed by atoms with van der Waals surface area (Å²) in [5, 5.41) is 6.95. The fourth-order valence-electron chi connectivity index (χ4n) is 2.19. The standard InChI is InChI=1S/C16H13N3OS3/c1-9-3-6-13(20-9)12-8-22-15(18-12)19-16-17-11-5-4-10(21-2)7-14(11)23-16/h3-8H,1-2H3,(H,17,18,19). The molecule has 0 saturated carbocycles. The number of benzene rings is 1. The van der Waals surface area contributed by atoms with Crippen molar-refractivity contribution >= 4 is 54.9 Å². The molecule has 1 N–H and O–H groups in total. The Bertz CT molecular complexity index is 970. The van der Waals surface area contributed by atoms with Crippen LogP contribution in [0, 0.1) is 6.92 Å². The van der Waals surface area contributed by atoms with Gasteiger partial charge in [0, 0.05) is 10.3 Å². The number of thiazole rings is 2. The first-order chi connectivity index (χ1) is 11.2. The number of thioether (sulfide) groups is 1. The van der Waals surface area contributed by atoms with Crippen LogP contribution in [0.5, 0.6) is 0 Å². The van der Waals surface area contributed by atoms with E-state index in [1.165, 1.54) is 9.60 Å². The van der Waals surface area contributed by atoms with Gasteiger partial charge in [-0.05, 0) is 43.5 Å². The van der Waals surface area contributed by atoms with Crippen molar-refractivity contribution in [3.05, 3.63) is 41.5 Å². The number of fused-ring (bicyclic) bond motifs is 1. The van der Waals surface area contributed by atoms with Crippen LogP contribution >= 0.6 is 34.4 Å². The molecule has 0 aliphatic heterocycles. The van der Waals surface area contributed by atoms with Gasteiger partial charge in [-0.2, -0.15) is 0 Å². The molecule has 4 nitrogen and oxygen atoms in total. The Labute approximate surface area is 145 Å². The van der Waals surface area contributed by atoms with Crippen LogP contribution in [0.1, 0.15) is 5.76 Å². The van der Waals surface area contributed by atoms with Gasteiger partial charge in [-0.1, -0.05) is 11.3 Å². The number of hydrogen-bond donors (Lipinski definition) is 1. The van der Waals surface area contributed by atoms with Gasteiger partial charge in [0.25, 0.3) is 0 Å². The minimum absolute atomic E-state index is 0.792. The van der Waals surface area contributed by atoms with Crippen LogP contribution in [0.2, 0.25) is 0 Å². The maximum Gasteiger partial charge on any atom is 0.190 e. The molecule has 0 fully saturated rings. The Kier molecular flexibility index (Phi) is 3.84. The first-order valence-corrected chi connectivity index (χ1v) is 9.87. The highest BCUT2D eigenvalue weighted by Gasteiger charge is 2.10. The molecule has 3 aromatic heterocycles. The van der Waals surface area contributed by atoms with Crippen molar-refractivity contribution in [1.29, 1.82) is 0 Å². The van der Waals surface area contributed by atoms with Crippen molar-refractivity contribution in [3.63, 3.8) is 0 Å². The number of anilines is 2. The van der Waals surface area contributed by atoms with E-state index in [1.807, 2.05) is 24.4 Å². The molecule has 0 radical (unpaired) electrons. The summed E-state index contributed by atoms with van der Waals surface area (Å²) in [7, 11) is 0. The van der Waals surface area contributed by atoms with Gasteiger partial charge in [0.15, 0.2) is 16.0 Å². The fourth-order valence-corrected chi connectivity index (χ4v) is 4.38. The van der Waals surface area contributed by atoms with E-state index in [1.54, 1.807) is 34.4 Å². The maximum atomic E-state index is 5.61. The Morgan fingerprint density at radius 3 is 2.83 bits per heavy atom. The number of nitrogens with one attached hydrogen (secondary N) is 1. The third-order valence-corrected chi connectivity index (χ3v) is 5.72. The number of aryl methyl sites for hydroxylation is 1. The molecular formula is C16H13N3OS3. The first kappa shape index (κ1) is 14.7. The lowest BCUT2D eigenvalue weighted by atomic mass is 10.3. The molecule has 116 valence electrons. The highest BCUT2D eigenvalue weighted by Crippen LogP contribution is 2.33. The Hall–Kier alpha value is -1.83. The van der Waals surface area contributed by atoms with E-state index in [-0.39, 0.29) is 0 Å². The zero-order valence-corrected chi connectivity index (χ0v) is 14.9. The fraction of sp³-hybridized carbons (Fsp3) is 0.125. The molecule has 0 amide bonds. The number of rotatable bonds is 4. The SMILES string of the molecule is CSc1ccc2nc(Nc3nc(-c4ccc(C)o4)cs3)sc2c1. The molecule has 4 rings (SSSR count). The van der Waals surface area contributed by atoms with Crippen LogP contribution < -0.4 is 5.32 Å². The van der Waals surface area contributed by atoms with Crippen LogP contribution in [0.15, 0.2) is 45.0 Å². The molecular weight excluding hydrogens is 346 g/mol. The van der Waals surface area contributed by atoms with Crippen molar-refractivity contribution < 1.29 is 4.42 Å². The molecule has 0 spiro atoms. The van der Waals surface area contributed by atoms with E-state index in [4.69, 9.17) is 4.42 Å². The summed E-state index contributed by atoms with van der Waals surface area (Å²) in [5.41, 5.74) is 1.85. The van der Waals surface area contributed by atoms with Crippen molar-refractivity contribution in [2.24, 2.45) is 0 Å². The van der Waals surface area contributed by atoms with Gasteiger partial charge in [0.1, 0.15) is 11.5 Å². The number of hydrogen-bond acceptors (Lipinski definition) is 7. The summed E-state index contributed by atoms with van der Waals surface area (Å²) in [6.45, 7) is 1.93. The van der Waals surface area contributed by atoms with Gasteiger partial charge in [-0.15, -0.1) is 23.1 Å². The van der Waals surface area contributed by atoms with Gasteiger partial charge in [0.2, 0.25) is 0 Å². The molecule has 0 aliphatic rings. The van der Waals surface area contributed by atoms with Gasteiger partial charge >= 0.3 is 0 Å². The van der Waals surface area contributed by atoms with Gasteiger partial charge in [-0.3, -0.25) is 0 Å². The largest absolute Gasteiger partial charge is 0.460 e. The summed E-state index contributed by atoms with van der Waals surface area (Å²) in [5.74, 6) is 1.68. The van der Waals surface area contributed by atoms with Crippen molar-refractivity contribution in [2.75, 3.05) is 11.6 Å². The van der Waals surface area contributed by atoms with Crippen LogP contribution in [0.3, 0.4) is 0 Å². The van der Waals surface area contributed by atoms with Crippen LogP contribution in [0.4, 0.5) is 10.3 Å². The highest BCUT2D eigenvalue weighted by atomic mass is 32.2. The summed E-state index contributed by atoms with van der Waals surface area (Å²) in [6, 6.07) is 10.2. The van der Waals surface area contributed by atoms with E-state index in [9.17, 15) is 0 Å². The molecule has 0 unspecified atom stereocenters. The smallest absolute Gasteiger partial charge is 0.190 e. The van der Waals surface area contributed by atoms with Gasteiger partial charge in [-0.25, -0.2) is 9.97 Å². The minimum Gasteiger partial charge on any atom is -0.460 e. The lowest BCUT2D eigenvalue weighted by Crippen LogP contribution is -1.87. The minimum atomic E-state index is 0.792. The van der Waals surface area contributed by atoms with E-state index < -0.39 is 0 Å². The lowest BCUT2D eigenvalue weighted by Gasteiger charge is -1.94. The Morgan fingerprint density at radius 1 is 1.13 bits per heavy atom. The Morgan fingerprint density at radius 2 is 2.04 bits per heavy atom. The van der Waals surface area contributed by atoms with E-state index in [0.717, 1.165) is 33.0 Å². The summed E-state index contributed by atoms with van der Waals surface area (Å²) in [6.07, 6.45) is 2.08. The summed E-state index contributed by atoms with van der Waals surface area (Å²) in [4.78, 5) is 10.4. The predicted molar refractivity (Wildman–Crippen MR) is 99.2 cm³/mol. The third kappa shape index (κ3) is 2.99. The third-order valence-electron chi connectivity index (χ3n) is 3.31. The number of aromatic nitrogens is 2. The summed E-state index contributed by atoms with van der Waals surface area (Å²) < 4.78 is 6.79. The molecule has 3 heterocycles. The van der Waals surface area contributed by atoms with E-state index >= 15 is 0 Å². The Balaban J connectivity index is 1.59. The first-order valence-electron chi connectivity index (χ1n) is 6.95. The molecule has 0 atom stereocenters. The average Bonchev–Trinajstić information content (AvgIpc) is 3.25. The van der Waals surface area contributed by atoms with E-state index in [2.05, 4.69) is 39.7 Å². The second-order valence-corrected chi connectivity index (χ2v) is 7.69. The number of furan rings is 1. The van der Waals surface area contributed by atoms with Crippen LogP contribution in [-0.2, 0) is 0 Å². The second kappa shape index (κ2) is 5.99. The normalized spacial score (nSPS) is 11.2. The highest BCUT2D eigenvalue weighted by molar-refractivity contribution is 7.98. The van der Waals surface area contributed by atoms with E-state index in [0.29, 0.717) is 0 Å². The zero-order chi connectivity index (χ0) is 15.8. The van der Waals surface area contributed by atoms with Crippen LogP contribution in [-0.4, -0.2) is 16.2 Å². The molecule has 4 aromatic rings. The number of nitrogens with zero attached hydrogens (tertiary/aromatic N) is 2. The molecule has 1 aromatic carbocycles.